The summed E-state index contributed by atoms with van der Waals surface area (Å²) >= 11 is 0. The molecule has 0 saturated carbocycles. The fraction of sp³-hybridized carbons (Fsp3) is 0.588. The summed E-state index contributed by atoms with van der Waals surface area (Å²) in [5.74, 6) is -0.0523. The number of carbonyl (C=O) groups excluding carboxylic acids is 1. The first-order chi connectivity index (χ1) is 11.4. The first kappa shape index (κ1) is 17.4. The Kier molecular flexibility index (Phi) is 4.94. The average molecular weight is 351 g/mol. The minimum atomic E-state index is -3.60. The maximum atomic E-state index is 12.8. The van der Waals surface area contributed by atoms with Gasteiger partial charge in [-0.25, -0.2) is 13.1 Å². The average Bonchev–Trinajstić information content (AvgIpc) is 2.55. The summed E-state index contributed by atoms with van der Waals surface area (Å²) in [4.78, 5) is 13.7. The molecule has 0 spiro atoms. The Hall–Kier alpha value is -1.44. The number of nitrogens with zero attached hydrogens (tertiary/aromatic N) is 1. The highest BCUT2D eigenvalue weighted by molar-refractivity contribution is 7.89. The van der Waals surface area contributed by atoms with Crippen LogP contribution in [0.15, 0.2) is 23.1 Å². The van der Waals surface area contributed by atoms with Crippen LogP contribution in [0.5, 0.6) is 0 Å². The number of aryl methyl sites for hydroxylation is 1. The molecule has 2 aliphatic heterocycles. The fourth-order valence-corrected chi connectivity index (χ4v) is 4.89. The molecular formula is C17H25N3O3S. The third-order valence-electron chi connectivity index (χ3n) is 4.93. The van der Waals surface area contributed by atoms with Gasteiger partial charge in [0.2, 0.25) is 15.9 Å². The Morgan fingerprint density at radius 3 is 2.83 bits per heavy atom. The third kappa shape index (κ3) is 3.48. The van der Waals surface area contributed by atoms with Crippen molar-refractivity contribution in [1.29, 1.82) is 0 Å². The van der Waals surface area contributed by atoms with Crippen molar-refractivity contribution >= 4 is 21.6 Å². The van der Waals surface area contributed by atoms with E-state index in [4.69, 9.17) is 0 Å². The number of hydrogen-bond acceptors (Lipinski definition) is 4. The van der Waals surface area contributed by atoms with Crippen LogP contribution < -0.4 is 14.9 Å². The van der Waals surface area contributed by atoms with E-state index in [0.29, 0.717) is 6.54 Å². The standard InChI is InChI=1S/C17H25N3O3S/c1-12-16(6-3-9-18-12)19-24(22,23)15-8-7-14-5-4-10-20(13(2)21)17(14)11-15/h7-8,11-12,16,18-19H,3-6,9-10H2,1-2H3. The molecule has 0 aliphatic carbocycles. The van der Waals surface area contributed by atoms with Gasteiger partial charge in [-0.2, -0.15) is 0 Å². The van der Waals surface area contributed by atoms with Gasteiger partial charge in [0.15, 0.2) is 0 Å². The fourth-order valence-electron chi connectivity index (χ4n) is 3.52. The molecule has 1 saturated heterocycles. The Labute approximate surface area is 143 Å². The van der Waals surface area contributed by atoms with Gasteiger partial charge in [-0.3, -0.25) is 4.79 Å². The number of piperidine rings is 1. The zero-order valence-electron chi connectivity index (χ0n) is 14.2. The lowest BCUT2D eigenvalue weighted by atomic mass is 10.0. The Balaban J connectivity index is 1.88. The maximum absolute atomic E-state index is 12.8. The lowest BCUT2D eigenvalue weighted by Gasteiger charge is -2.31. The van der Waals surface area contributed by atoms with Crippen molar-refractivity contribution in [3.63, 3.8) is 0 Å². The number of fused-ring (bicyclic) bond motifs is 1. The van der Waals surface area contributed by atoms with Crippen LogP contribution in [-0.4, -0.2) is 39.5 Å². The van der Waals surface area contributed by atoms with Crippen molar-refractivity contribution in [2.45, 2.75) is 56.5 Å². The van der Waals surface area contributed by atoms with Crippen LogP contribution in [0.3, 0.4) is 0 Å². The first-order valence-corrected chi connectivity index (χ1v) is 10.0. The van der Waals surface area contributed by atoms with Crippen LogP contribution in [0.4, 0.5) is 5.69 Å². The van der Waals surface area contributed by atoms with Crippen molar-refractivity contribution in [3.05, 3.63) is 23.8 Å². The van der Waals surface area contributed by atoms with Crippen LogP contribution in [-0.2, 0) is 21.2 Å². The van der Waals surface area contributed by atoms with Gasteiger partial charge in [0.1, 0.15) is 0 Å². The number of carbonyl (C=O) groups is 1. The van der Waals surface area contributed by atoms with Crippen molar-refractivity contribution in [1.82, 2.24) is 10.0 Å². The third-order valence-corrected chi connectivity index (χ3v) is 6.42. The Morgan fingerprint density at radius 1 is 1.33 bits per heavy atom. The van der Waals surface area contributed by atoms with Crippen LogP contribution >= 0.6 is 0 Å². The number of rotatable bonds is 3. The molecule has 1 aromatic rings. The van der Waals surface area contributed by atoms with E-state index in [1.165, 1.54) is 6.92 Å². The molecule has 2 atom stereocenters. The summed E-state index contributed by atoms with van der Waals surface area (Å²) in [7, 11) is -3.60. The zero-order chi connectivity index (χ0) is 17.3. The molecule has 1 aromatic carbocycles. The van der Waals surface area contributed by atoms with E-state index in [1.54, 1.807) is 17.0 Å². The van der Waals surface area contributed by atoms with Gasteiger partial charge in [-0.15, -0.1) is 0 Å². The van der Waals surface area contributed by atoms with E-state index < -0.39 is 10.0 Å². The predicted molar refractivity (Wildman–Crippen MR) is 93.6 cm³/mol. The van der Waals surface area contributed by atoms with Crippen molar-refractivity contribution in [2.24, 2.45) is 0 Å². The molecular weight excluding hydrogens is 326 g/mol. The molecule has 0 aromatic heterocycles. The van der Waals surface area contributed by atoms with Crippen molar-refractivity contribution < 1.29 is 13.2 Å². The largest absolute Gasteiger partial charge is 0.313 e. The summed E-state index contributed by atoms with van der Waals surface area (Å²) in [6.07, 6.45) is 3.57. The van der Waals surface area contributed by atoms with E-state index in [2.05, 4.69) is 10.0 Å². The number of sulfonamides is 1. The van der Waals surface area contributed by atoms with E-state index in [-0.39, 0.29) is 22.9 Å². The molecule has 0 radical (unpaired) electrons. The van der Waals surface area contributed by atoms with Gasteiger partial charge in [-0.1, -0.05) is 6.07 Å². The normalized spacial score (nSPS) is 24.5. The van der Waals surface area contributed by atoms with Gasteiger partial charge < -0.3 is 10.2 Å². The molecule has 6 nitrogen and oxygen atoms in total. The van der Waals surface area contributed by atoms with Crippen LogP contribution in [0.2, 0.25) is 0 Å². The van der Waals surface area contributed by atoms with Gasteiger partial charge in [0, 0.05) is 31.2 Å². The molecule has 2 N–H and O–H groups in total. The van der Waals surface area contributed by atoms with E-state index in [9.17, 15) is 13.2 Å². The molecule has 2 heterocycles. The van der Waals surface area contributed by atoms with Crippen LogP contribution in [0.25, 0.3) is 0 Å². The van der Waals surface area contributed by atoms with E-state index in [0.717, 1.165) is 43.5 Å². The topological polar surface area (TPSA) is 78.5 Å². The van der Waals surface area contributed by atoms with E-state index in [1.807, 2.05) is 13.0 Å². The molecule has 0 bridgehead atoms. The maximum Gasteiger partial charge on any atom is 0.240 e. The Bertz CT molecular complexity index is 733. The molecule has 2 aliphatic rings. The zero-order valence-corrected chi connectivity index (χ0v) is 15.0. The predicted octanol–water partition coefficient (Wildman–Crippen LogP) is 1.40. The second-order valence-corrected chi connectivity index (χ2v) is 8.39. The van der Waals surface area contributed by atoms with E-state index >= 15 is 0 Å². The SMILES string of the molecule is CC(=O)N1CCCc2ccc(S(=O)(=O)NC3CCCNC3C)cc21. The monoisotopic (exact) mass is 351 g/mol. The first-order valence-electron chi connectivity index (χ1n) is 8.55. The number of hydrogen-bond donors (Lipinski definition) is 2. The highest BCUT2D eigenvalue weighted by Crippen LogP contribution is 2.30. The molecule has 1 amide bonds. The number of anilines is 1. The minimum Gasteiger partial charge on any atom is -0.313 e. The number of benzene rings is 1. The molecule has 3 rings (SSSR count). The molecule has 24 heavy (non-hydrogen) atoms. The lowest BCUT2D eigenvalue weighted by molar-refractivity contribution is -0.116. The summed E-state index contributed by atoms with van der Waals surface area (Å²) in [6, 6.07) is 5.12. The van der Waals surface area contributed by atoms with Gasteiger partial charge in [-0.05, 0) is 56.8 Å². The quantitative estimate of drug-likeness (QED) is 0.863. The second-order valence-electron chi connectivity index (χ2n) is 6.68. The summed E-state index contributed by atoms with van der Waals surface area (Å²) in [6.45, 7) is 5.08. The second kappa shape index (κ2) is 6.82. The Morgan fingerprint density at radius 2 is 2.12 bits per heavy atom. The smallest absolute Gasteiger partial charge is 0.240 e. The van der Waals surface area contributed by atoms with Crippen LogP contribution in [0.1, 0.15) is 38.7 Å². The summed E-state index contributed by atoms with van der Waals surface area (Å²) < 4.78 is 28.4. The van der Waals surface area contributed by atoms with Gasteiger partial charge in [0.05, 0.1) is 4.90 Å². The summed E-state index contributed by atoms with van der Waals surface area (Å²) in [5, 5.41) is 3.30. The minimum absolute atomic E-state index is 0.0523. The highest BCUT2D eigenvalue weighted by atomic mass is 32.2. The van der Waals surface area contributed by atoms with Crippen LogP contribution in [0, 0.1) is 0 Å². The van der Waals surface area contributed by atoms with Crippen molar-refractivity contribution in [2.75, 3.05) is 18.0 Å². The van der Waals surface area contributed by atoms with Gasteiger partial charge in [0.25, 0.3) is 0 Å². The molecule has 1 fully saturated rings. The number of amides is 1. The molecule has 7 heteroatoms. The van der Waals surface area contributed by atoms with Gasteiger partial charge >= 0.3 is 0 Å². The number of nitrogens with one attached hydrogen (secondary N) is 2. The molecule has 132 valence electrons. The highest BCUT2D eigenvalue weighted by Gasteiger charge is 2.28. The van der Waals surface area contributed by atoms with Crippen molar-refractivity contribution in [3.8, 4) is 0 Å². The molecule has 2 unspecified atom stereocenters. The lowest BCUT2D eigenvalue weighted by Crippen LogP contribution is -2.51. The summed E-state index contributed by atoms with van der Waals surface area (Å²) in [5.41, 5.74) is 1.76.